The zero-order valence-electron chi connectivity index (χ0n) is 21.9. The fraction of sp³-hybridized carbons (Fsp3) is 0.379. The van der Waals surface area contributed by atoms with Crippen LogP contribution in [0.5, 0.6) is 0 Å². The van der Waals surface area contributed by atoms with Crippen LogP contribution in [0, 0.1) is 0 Å². The van der Waals surface area contributed by atoms with Crippen LogP contribution >= 0.6 is 11.3 Å². The largest absolute Gasteiger partial charge is 0.367 e. The average Bonchev–Trinajstić information content (AvgIpc) is 3.46. The second-order valence-electron chi connectivity index (χ2n) is 9.82. The van der Waals surface area contributed by atoms with E-state index in [1.165, 1.54) is 16.9 Å². The smallest absolute Gasteiger partial charge is 0.265 e. The lowest BCUT2D eigenvalue weighted by atomic mass is 10.0. The monoisotopic (exact) mass is 519 g/mol. The van der Waals surface area contributed by atoms with Gasteiger partial charge >= 0.3 is 0 Å². The van der Waals surface area contributed by atoms with E-state index in [-0.39, 0.29) is 17.7 Å². The number of carbonyl (C=O) groups is 2. The van der Waals surface area contributed by atoms with Crippen LogP contribution in [-0.2, 0) is 0 Å². The Hall–Kier alpha value is -3.20. The van der Waals surface area contributed by atoms with Gasteiger partial charge < -0.3 is 20.4 Å². The Morgan fingerprint density at radius 3 is 2.41 bits per heavy atom. The van der Waals surface area contributed by atoms with Crippen molar-refractivity contribution in [3.05, 3.63) is 82.0 Å². The van der Waals surface area contributed by atoms with Gasteiger partial charge in [0.2, 0.25) is 0 Å². The van der Waals surface area contributed by atoms with Crippen LogP contribution in [0.25, 0.3) is 0 Å². The maximum Gasteiger partial charge on any atom is 0.265 e. The molecule has 0 bridgehead atoms. The molecule has 2 heterocycles. The van der Waals surface area contributed by atoms with E-state index >= 15 is 0 Å². The number of hydrogen-bond acceptors (Lipinski definition) is 6. The Labute approximate surface area is 224 Å². The summed E-state index contributed by atoms with van der Waals surface area (Å²) in [4.78, 5) is 33.6. The molecule has 0 aliphatic carbocycles. The van der Waals surface area contributed by atoms with Gasteiger partial charge in [0.25, 0.3) is 11.8 Å². The van der Waals surface area contributed by atoms with Crippen molar-refractivity contribution in [3.63, 3.8) is 0 Å². The minimum Gasteiger partial charge on any atom is -0.367 e. The summed E-state index contributed by atoms with van der Waals surface area (Å²) in [5, 5.41) is 8.03. The van der Waals surface area contributed by atoms with Crippen LogP contribution < -0.4 is 15.5 Å². The molecule has 1 fully saturated rings. The number of carbonyl (C=O) groups excluding carboxylic acids is 2. The fourth-order valence-corrected chi connectivity index (χ4v) is 5.06. The van der Waals surface area contributed by atoms with Gasteiger partial charge in [0.05, 0.1) is 16.3 Å². The van der Waals surface area contributed by atoms with Crippen molar-refractivity contribution >= 4 is 34.5 Å². The molecular weight excluding hydrogens is 482 g/mol. The highest BCUT2D eigenvalue weighted by molar-refractivity contribution is 7.12. The van der Waals surface area contributed by atoms with Gasteiger partial charge in [-0.05, 0) is 55.2 Å². The van der Waals surface area contributed by atoms with Gasteiger partial charge in [-0.1, -0.05) is 43.3 Å². The summed E-state index contributed by atoms with van der Waals surface area (Å²) < 4.78 is 0. The Morgan fingerprint density at radius 1 is 0.973 bits per heavy atom. The van der Waals surface area contributed by atoms with E-state index in [1.54, 1.807) is 0 Å². The molecule has 0 spiro atoms. The van der Waals surface area contributed by atoms with Crippen molar-refractivity contribution in [2.24, 2.45) is 0 Å². The molecule has 37 heavy (non-hydrogen) atoms. The molecule has 1 aliphatic heterocycles. The first kappa shape index (κ1) is 26.9. The van der Waals surface area contributed by atoms with E-state index < -0.39 is 0 Å². The third kappa shape index (κ3) is 7.41. The van der Waals surface area contributed by atoms with Crippen molar-refractivity contribution in [1.82, 2.24) is 15.1 Å². The molecular formula is C29H37N5O2S. The summed E-state index contributed by atoms with van der Waals surface area (Å²) in [5.41, 5.74) is 3.34. The van der Waals surface area contributed by atoms with Crippen molar-refractivity contribution < 1.29 is 9.59 Å². The van der Waals surface area contributed by atoms with E-state index in [2.05, 4.69) is 58.5 Å². The highest BCUT2D eigenvalue weighted by Crippen LogP contribution is 2.29. The van der Waals surface area contributed by atoms with E-state index in [1.807, 2.05) is 53.9 Å². The van der Waals surface area contributed by atoms with Gasteiger partial charge in [-0.15, -0.1) is 11.3 Å². The van der Waals surface area contributed by atoms with Gasteiger partial charge in [0.15, 0.2) is 0 Å². The Kier molecular flexibility index (Phi) is 9.33. The number of amides is 2. The standard InChI is InChI=1S/C29H37N5O2S/c1-22(23-8-5-4-6-9-23)21-30-28(35)24-11-12-26(25(20-24)31-29(36)27-10-7-19-37-27)34-17-15-33(16-18-34)14-13-32(2)3/h4-12,19-20,22H,13-18,21H2,1-3H3,(H,30,35)(H,31,36). The molecule has 1 atom stereocenters. The average molecular weight is 520 g/mol. The van der Waals surface area contributed by atoms with Gasteiger partial charge in [-0.25, -0.2) is 0 Å². The Morgan fingerprint density at radius 2 is 1.73 bits per heavy atom. The number of nitrogens with one attached hydrogen (secondary N) is 2. The number of hydrogen-bond donors (Lipinski definition) is 2. The van der Waals surface area contributed by atoms with Gasteiger partial charge in [0, 0.05) is 51.4 Å². The van der Waals surface area contributed by atoms with E-state index in [9.17, 15) is 9.59 Å². The maximum atomic E-state index is 13.1. The molecule has 4 rings (SSSR count). The van der Waals surface area contributed by atoms with Crippen molar-refractivity contribution in [1.29, 1.82) is 0 Å². The summed E-state index contributed by atoms with van der Waals surface area (Å²) in [6.45, 7) is 8.39. The second-order valence-corrected chi connectivity index (χ2v) is 10.8. The number of anilines is 2. The number of benzene rings is 2. The summed E-state index contributed by atoms with van der Waals surface area (Å²) in [6, 6.07) is 19.5. The van der Waals surface area contributed by atoms with Crippen molar-refractivity contribution in [2.45, 2.75) is 12.8 Å². The zero-order valence-corrected chi connectivity index (χ0v) is 22.8. The second kappa shape index (κ2) is 12.9. The van der Waals surface area contributed by atoms with Crippen LogP contribution in [0.15, 0.2) is 66.0 Å². The molecule has 1 saturated heterocycles. The minimum atomic E-state index is -0.156. The predicted molar refractivity (Wildman–Crippen MR) is 153 cm³/mol. The van der Waals surface area contributed by atoms with Crippen LogP contribution in [0.4, 0.5) is 11.4 Å². The Balaban J connectivity index is 1.47. The van der Waals surface area contributed by atoms with Crippen LogP contribution in [0.3, 0.4) is 0 Å². The minimum absolute atomic E-state index is 0.144. The summed E-state index contributed by atoms with van der Waals surface area (Å²) in [5.74, 6) is -0.100. The predicted octanol–water partition coefficient (Wildman–Crippen LogP) is 4.22. The van der Waals surface area contributed by atoms with Crippen molar-refractivity contribution in [3.8, 4) is 0 Å². The molecule has 0 radical (unpaired) electrons. The van der Waals surface area contributed by atoms with E-state index in [4.69, 9.17) is 0 Å². The van der Waals surface area contributed by atoms with Crippen LogP contribution in [-0.4, -0.2) is 81.5 Å². The summed E-state index contributed by atoms with van der Waals surface area (Å²) >= 11 is 1.40. The van der Waals surface area contributed by atoms with Crippen LogP contribution in [0.1, 0.15) is 38.4 Å². The molecule has 1 unspecified atom stereocenters. The van der Waals surface area contributed by atoms with Gasteiger partial charge in [-0.2, -0.15) is 0 Å². The summed E-state index contributed by atoms with van der Waals surface area (Å²) in [6.07, 6.45) is 0. The third-order valence-corrected chi connectivity index (χ3v) is 7.63. The molecule has 1 aromatic heterocycles. The quantitative estimate of drug-likeness (QED) is 0.420. The molecule has 0 saturated carbocycles. The summed E-state index contributed by atoms with van der Waals surface area (Å²) in [7, 11) is 4.19. The number of rotatable bonds is 10. The lowest BCUT2D eigenvalue weighted by molar-refractivity contribution is 0.0950. The lowest BCUT2D eigenvalue weighted by Crippen LogP contribution is -2.48. The molecule has 7 nitrogen and oxygen atoms in total. The first-order chi connectivity index (χ1) is 17.9. The van der Waals surface area contributed by atoms with E-state index in [0.717, 1.165) is 45.0 Å². The molecule has 8 heteroatoms. The van der Waals surface area contributed by atoms with E-state index in [0.29, 0.717) is 22.7 Å². The fourth-order valence-electron chi connectivity index (χ4n) is 4.45. The normalized spacial score (nSPS) is 15.0. The van der Waals surface area contributed by atoms with Gasteiger partial charge in [-0.3, -0.25) is 14.5 Å². The number of likely N-dealkylation sites (N-methyl/N-ethyl adjacent to an activating group) is 1. The molecule has 1 aliphatic rings. The molecule has 2 N–H and O–H groups in total. The molecule has 2 amide bonds. The number of nitrogens with zero attached hydrogens (tertiary/aromatic N) is 3. The van der Waals surface area contributed by atoms with Crippen molar-refractivity contribution in [2.75, 3.05) is 70.1 Å². The molecule has 2 aromatic carbocycles. The maximum absolute atomic E-state index is 13.1. The molecule has 196 valence electrons. The topological polar surface area (TPSA) is 67.9 Å². The Bertz CT molecular complexity index is 1160. The first-order valence-corrected chi connectivity index (χ1v) is 13.7. The third-order valence-electron chi connectivity index (χ3n) is 6.77. The number of thiophene rings is 1. The highest BCUT2D eigenvalue weighted by Gasteiger charge is 2.22. The molecule has 3 aromatic rings. The van der Waals surface area contributed by atoms with Gasteiger partial charge in [0.1, 0.15) is 0 Å². The number of piperazine rings is 1. The first-order valence-electron chi connectivity index (χ1n) is 12.8. The lowest BCUT2D eigenvalue weighted by Gasteiger charge is -2.37. The zero-order chi connectivity index (χ0) is 26.2. The van der Waals surface area contributed by atoms with Crippen LogP contribution in [0.2, 0.25) is 0 Å². The SMILES string of the molecule is CC(CNC(=O)c1ccc(N2CCN(CCN(C)C)CC2)c(NC(=O)c2cccs2)c1)c1ccccc1. The highest BCUT2D eigenvalue weighted by atomic mass is 32.1.